The van der Waals surface area contributed by atoms with E-state index in [1.54, 1.807) is 17.0 Å². The highest BCUT2D eigenvalue weighted by atomic mass is 32.2. The van der Waals surface area contributed by atoms with Crippen LogP contribution in [0.4, 0.5) is 0 Å². The smallest absolute Gasteiger partial charge is 0.243 e. The van der Waals surface area contributed by atoms with Crippen molar-refractivity contribution < 1.29 is 13.2 Å². The summed E-state index contributed by atoms with van der Waals surface area (Å²) < 4.78 is 27.2. The lowest BCUT2D eigenvalue weighted by molar-refractivity contribution is -0.132. The summed E-state index contributed by atoms with van der Waals surface area (Å²) in [6.45, 7) is 12.6. The van der Waals surface area contributed by atoms with Crippen molar-refractivity contribution in [3.8, 4) is 0 Å². The standard InChI is InChI=1S/C20H33N3O3S/c1-5-21(6-2)12-11-20(24)22-13-15-23(16-14-22)27(25,26)19-9-7-18(8-10-19)17(3)4/h7-10,17H,5-6,11-16H2,1-4H3. The van der Waals surface area contributed by atoms with Crippen molar-refractivity contribution in [1.29, 1.82) is 0 Å². The average Bonchev–Trinajstić information content (AvgIpc) is 2.68. The molecule has 0 atom stereocenters. The van der Waals surface area contributed by atoms with Crippen LogP contribution in [0.1, 0.15) is 45.6 Å². The predicted molar refractivity (Wildman–Crippen MR) is 108 cm³/mol. The molecule has 27 heavy (non-hydrogen) atoms. The molecule has 1 amide bonds. The summed E-state index contributed by atoms with van der Waals surface area (Å²) in [5.41, 5.74) is 1.12. The van der Waals surface area contributed by atoms with E-state index >= 15 is 0 Å². The maximum Gasteiger partial charge on any atom is 0.243 e. The number of amides is 1. The Hall–Kier alpha value is -1.44. The van der Waals surface area contributed by atoms with Crippen LogP contribution < -0.4 is 0 Å². The zero-order chi connectivity index (χ0) is 20.0. The van der Waals surface area contributed by atoms with Crippen molar-refractivity contribution in [2.24, 2.45) is 0 Å². The molecule has 0 aromatic heterocycles. The minimum atomic E-state index is -3.50. The molecule has 1 aliphatic rings. The van der Waals surface area contributed by atoms with Crippen LogP contribution in [0.25, 0.3) is 0 Å². The quantitative estimate of drug-likeness (QED) is 0.678. The monoisotopic (exact) mass is 395 g/mol. The molecule has 1 aliphatic heterocycles. The fourth-order valence-electron chi connectivity index (χ4n) is 3.30. The van der Waals surface area contributed by atoms with Gasteiger partial charge in [0.05, 0.1) is 4.90 Å². The Morgan fingerprint density at radius 1 is 1.04 bits per heavy atom. The van der Waals surface area contributed by atoms with Crippen LogP contribution in [0.15, 0.2) is 29.2 Å². The molecule has 1 aromatic rings. The first-order valence-electron chi connectivity index (χ1n) is 9.89. The van der Waals surface area contributed by atoms with Gasteiger partial charge in [0.25, 0.3) is 0 Å². The molecule has 7 heteroatoms. The van der Waals surface area contributed by atoms with Crippen molar-refractivity contribution in [2.75, 3.05) is 45.8 Å². The number of nitrogens with zero attached hydrogens (tertiary/aromatic N) is 3. The summed E-state index contributed by atoms with van der Waals surface area (Å²) in [5, 5.41) is 0. The molecule has 0 aliphatic carbocycles. The van der Waals surface area contributed by atoms with Crippen molar-refractivity contribution >= 4 is 15.9 Å². The Morgan fingerprint density at radius 3 is 2.07 bits per heavy atom. The summed E-state index contributed by atoms with van der Waals surface area (Å²) >= 11 is 0. The van der Waals surface area contributed by atoms with Crippen LogP contribution in [0.3, 0.4) is 0 Å². The lowest BCUT2D eigenvalue weighted by atomic mass is 10.0. The van der Waals surface area contributed by atoms with E-state index in [1.165, 1.54) is 4.31 Å². The van der Waals surface area contributed by atoms with Gasteiger partial charge in [-0.2, -0.15) is 4.31 Å². The van der Waals surface area contributed by atoms with Crippen LogP contribution in [0.2, 0.25) is 0 Å². The third kappa shape index (κ3) is 5.53. The van der Waals surface area contributed by atoms with Gasteiger partial charge in [-0.3, -0.25) is 4.79 Å². The van der Waals surface area contributed by atoms with Crippen LogP contribution in [-0.2, 0) is 14.8 Å². The molecule has 6 nitrogen and oxygen atoms in total. The van der Waals surface area contributed by atoms with Gasteiger partial charge in [-0.05, 0) is 36.7 Å². The second kappa shape index (κ2) is 9.66. The van der Waals surface area contributed by atoms with Crippen LogP contribution in [0, 0.1) is 0 Å². The van der Waals surface area contributed by atoms with E-state index < -0.39 is 10.0 Å². The van der Waals surface area contributed by atoms with Gasteiger partial charge in [-0.25, -0.2) is 8.42 Å². The molecule has 1 saturated heterocycles. The number of rotatable bonds is 8. The summed E-state index contributed by atoms with van der Waals surface area (Å²) in [5.74, 6) is 0.480. The molecular formula is C20H33N3O3S. The Balaban J connectivity index is 1.93. The normalized spacial score (nSPS) is 16.3. The first kappa shape index (κ1) is 21.9. The predicted octanol–water partition coefficient (Wildman–Crippen LogP) is 2.37. The maximum atomic E-state index is 12.9. The topological polar surface area (TPSA) is 60.9 Å². The van der Waals surface area contributed by atoms with Gasteiger partial charge < -0.3 is 9.80 Å². The summed E-state index contributed by atoms with van der Waals surface area (Å²) in [6.07, 6.45) is 0.491. The second-order valence-electron chi connectivity index (χ2n) is 7.29. The van der Waals surface area contributed by atoms with E-state index in [9.17, 15) is 13.2 Å². The fraction of sp³-hybridized carbons (Fsp3) is 0.650. The number of piperazine rings is 1. The molecule has 0 unspecified atom stereocenters. The molecule has 2 rings (SSSR count). The fourth-order valence-corrected chi connectivity index (χ4v) is 4.73. The largest absolute Gasteiger partial charge is 0.340 e. The van der Waals surface area contributed by atoms with Crippen molar-refractivity contribution in [2.45, 2.75) is 44.9 Å². The van der Waals surface area contributed by atoms with Gasteiger partial charge in [-0.15, -0.1) is 0 Å². The van der Waals surface area contributed by atoms with Gasteiger partial charge in [0.2, 0.25) is 15.9 Å². The van der Waals surface area contributed by atoms with Crippen molar-refractivity contribution in [1.82, 2.24) is 14.1 Å². The first-order valence-corrected chi connectivity index (χ1v) is 11.3. The number of benzene rings is 1. The Kier molecular flexibility index (Phi) is 7.82. The number of hydrogen-bond acceptors (Lipinski definition) is 4. The lowest BCUT2D eigenvalue weighted by Gasteiger charge is -2.34. The van der Waals surface area contributed by atoms with E-state index in [0.29, 0.717) is 43.4 Å². The minimum Gasteiger partial charge on any atom is -0.340 e. The highest BCUT2D eigenvalue weighted by Crippen LogP contribution is 2.21. The van der Waals surface area contributed by atoms with E-state index in [4.69, 9.17) is 0 Å². The zero-order valence-electron chi connectivity index (χ0n) is 17.0. The number of carbonyl (C=O) groups is 1. The minimum absolute atomic E-state index is 0.111. The van der Waals surface area contributed by atoms with Crippen LogP contribution in [-0.4, -0.2) is 74.2 Å². The van der Waals surface area contributed by atoms with Gasteiger partial charge in [-0.1, -0.05) is 39.8 Å². The maximum absolute atomic E-state index is 12.9. The highest BCUT2D eigenvalue weighted by molar-refractivity contribution is 7.89. The number of hydrogen-bond donors (Lipinski definition) is 0. The molecule has 0 spiro atoms. The van der Waals surface area contributed by atoms with Crippen molar-refractivity contribution in [3.63, 3.8) is 0 Å². The van der Waals surface area contributed by atoms with E-state index in [1.807, 2.05) is 12.1 Å². The van der Waals surface area contributed by atoms with E-state index in [2.05, 4.69) is 32.6 Å². The van der Waals surface area contributed by atoms with E-state index in [0.717, 1.165) is 25.2 Å². The molecule has 0 radical (unpaired) electrons. The second-order valence-corrected chi connectivity index (χ2v) is 9.22. The van der Waals surface area contributed by atoms with Crippen LogP contribution in [0.5, 0.6) is 0 Å². The molecule has 1 fully saturated rings. The average molecular weight is 396 g/mol. The Bertz CT molecular complexity index is 704. The third-order valence-electron chi connectivity index (χ3n) is 5.31. The highest BCUT2D eigenvalue weighted by Gasteiger charge is 2.30. The summed E-state index contributed by atoms with van der Waals surface area (Å²) in [4.78, 5) is 16.7. The Labute approximate surface area is 164 Å². The molecule has 0 bridgehead atoms. The summed E-state index contributed by atoms with van der Waals surface area (Å²) in [7, 11) is -3.50. The molecular weight excluding hydrogens is 362 g/mol. The zero-order valence-corrected chi connectivity index (χ0v) is 17.8. The molecule has 1 aromatic carbocycles. The van der Waals surface area contributed by atoms with Gasteiger partial charge in [0.15, 0.2) is 0 Å². The molecule has 0 N–H and O–H groups in total. The Morgan fingerprint density at radius 2 is 1.59 bits per heavy atom. The number of carbonyl (C=O) groups excluding carboxylic acids is 1. The molecule has 0 saturated carbocycles. The SMILES string of the molecule is CCN(CC)CCC(=O)N1CCN(S(=O)(=O)c2ccc(C(C)C)cc2)CC1. The van der Waals surface area contributed by atoms with Crippen LogP contribution >= 0.6 is 0 Å². The van der Waals surface area contributed by atoms with Gasteiger partial charge in [0.1, 0.15) is 0 Å². The van der Waals surface area contributed by atoms with Gasteiger partial charge >= 0.3 is 0 Å². The molecule has 1 heterocycles. The number of sulfonamides is 1. The van der Waals surface area contributed by atoms with Crippen molar-refractivity contribution in [3.05, 3.63) is 29.8 Å². The van der Waals surface area contributed by atoms with Gasteiger partial charge in [0, 0.05) is 39.1 Å². The lowest BCUT2D eigenvalue weighted by Crippen LogP contribution is -2.50. The first-order chi connectivity index (χ1) is 12.8. The van der Waals surface area contributed by atoms with E-state index in [-0.39, 0.29) is 5.91 Å². The molecule has 152 valence electrons. The third-order valence-corrected chi connectivity index (χ3v) is 7.23. The summed E-state index contributed by atoms with van der Waals surface area (Å²) in [6, 6.07) is 7.13.